The molecule has 2 saturated heterocycles. The van der Waals surface area contributed by atoms with E-state index in [-0.39, 0.29) is 11.5 Å². The van der Waals surface area contributed by atoms with Crippen LogP contribution in [-0.4, -0.2) is 41.1 Å². The molecule has 1 aromatic heterocycles. The number of piperidine rings is 1. The second-order valence-corrected chi connectivity index (χ2v) is 7.22. The van der Waals surface area contributed by atoms with Crippen molar-refractivity contribution in [2.45, 2.75) is 38.2 Å². The number of nitrogens with zero attached hydrogens (tertiary/aromatic N) is 2. The van der Waals surface area contributed by atoms with E-state index in [1.54, 1.807) is 6.20 Å². The Morgan fingerprint density at radius 3 is 3.12 bits per heavy atom. The third kappa shape index (κ3) is 2.80. The number of ether oxygens (including phenoxy) is 1. The minimum atomic E-state index is -0.112. The summed E-state index contributed by atoms with van der Waals surface area (Å²) >= 11 is 0. The fraction of sp³-hybridized carbons (Fsp3) is 0.500. The van der Waals surface area contributed by atoms with Crippen LogP contribution in [0.4, 0.5) is 0 Å². The van der Waals surface area contributed by atoms with Crippen molar-refractivity contribution in [1.29, 1.82) is 0 Å². The van der Waals surface area contributed by atoms with Gasteiger partial charge in [0.05, 0.1) is 23.3 Å². The van der Waals surface area contributed by atoms with Gasteiger partial charge >= 0.3 is 0 Å². The first kappa shape index (κ1) is 15.6. The van der Waals surface area contributed by atoms with Crippen LogP contribution in [0.25, 0.3) is 10.9 Å². The van der Waals surface area contributed by atoms with E-state index in [1.807, 2.05) is 35.2 Å². The van der Waals surface area contributed by atoms with Crippen molar-refractivity contribution in [3.05, 3.63) is 42.1 Å². The van der Waals surface area contributed by atoms with Crippen LogP contribution in [0.3, 0.4) is 0 Å². The van der Waals surface area contributed by atoms with Crippen LogP contribution >= 0.6 is 0 Å². The summed E-state index contributed by atoms with van der Waals surface area (Å²) < 4.78 is 6.16. The highest BCUT2D eigenvalue weighted by Gasteiger charge is 2.43. The van der Waals surface area contributed by atoms with Crippen LogP contribution in [-0.2, 0) is 4.74 Å². The van der Waals surface area contributed by atoms with E-state index < -0.39 is 0 Å². The number of carbonyl (C=O) groups is 1. The number of carbonyl (C=O) groups excluding carboxylic acids is 1. The van der Waals surface area contributed by atoms with Gasteiger partial charge in [-0.05, 0) is 37.3 Å². The summed E-state index contributed by atoms with van der Waals surface area (Å²) in [6, 6.07) is 9.87. The number of hydrogen-bond acceptors (Lipinski definition) is 3. The largest absolute Gasteiger partial charge is 0.373 e. The third-order valence-electron chi connectivity index (χ3n) is 5.53. The zero-order valence-electron chi connectivity index (χ0n) is 14.2. The molecular weight excluding hydrogens is 300 g/mol. The van der Waals surface area contributed by atoms with Gasteiger partial charge < -0.3 is 9.64 Å². The van der Waals surface area contributed by atoms with E-state index in [4.69, 9.17) is 4.74 Å². The van der Waals surface area contributed by atoms with Gasteiger partial charge in [0, 0.05) is 24.7 Å². The van der Waals surface area contributed by atoms with Crippen molar-refractivity contribution in [2.24, 2.45) is 5.92 Å². The van der Waals surface area contributed by atoms with Crippen LogP contribution in [0.15, 0.2) is 36.5 Å². The molecule has 126 valence electrons. The average molecular weight is 324 g/mol. The average Bonchev–Trinajstić information content (AvgIpc) is 3.03. The zero-order chi connectivity index (χ0) is 16.6. The summed E-state index contributed by atoms with van der Waals surface area (Å²) in [6.07, 6.45) is 6.04. The van der Waals surface area contributed by atoms with E-state index in [2.05, 4.69) is 11.9 Å². The SMILES string of the molecule is CC[C@H]1CO[C@@]2(CCCN(C(=O)c3cnc4ccccc4c3)C2)C1. The van der Waals surface area contributed by atoms with Crippen molar-refractivity contribution in [2.75, 3.05) is 19.7 Å². The van der Waals surface area contributed by atoms with Crippen molar-refractivity contribution in [3.8, 4) is 0 Å². The van der Waals surface area contributed by atoms with Crippen molar-refractivity contribution < 1.29 is 9.53 Å². The summed E-state index contributed by atoms with van der Waals surface area (Å²) in [6.45, 7) is 4.60. The number of para-hydroxylation sites is 1. The van der Waals surface area contributed by atoms with Crippen molar-refractivity contribution in [3.63, 3.8) is 0 Å². The highest BCUT2D eigenvalue weighted by Crippen LogP contribution is 2.38. The van der Waals surface area contributed by atoms with Gasteiger partial charge in [0.15, 0.2) is 0 Å². The molecule has 1 aromatic carbocycles. The molecule has 2 aliphatic rings. The molecule has 4 nitrogen and oxygen atoms in total. The Hall–Kier alpha value is -1.94. The Balaban J connectivity index is 1.55. The Labute approximate surface area is 142 Å². The van der Waals surface area contributed by atoms with E-state index in [9.17, 15) is 4.79 Å². The maximum Gasteiger partial charge on any atom is 0.255 e. The number of hydrogen-bond donors (Lipinski definition) is 0. The zero-order valence-corrected chi connectivity index (χ0v) is 14.2. The number of amides is 1. The molecule has 4 rings (SSSR count). The summed E-state index contributed by atoms with van der Waals surface area (Å²) in [5.74, 6) is 0.721. The van der Waals surface area contributed by atoms with E-state index in [0.717, 1.165) is 56.3 Å². The van der Waals surface area contributed by atoms with Gasteiger partial charge in [0.2, 0.25) is 0 Å². The Bertz CT molecular complexity index is 760. The molecule has 24 heavy (non-hydrogen) atoms. The number of likely N-dealkylation sites (tertiary alicyclic amines) is 1. The lowest BCUT2D eigenvalue weighted by Crippen LogP contribution is -2.50. The van der Waals surface area contributed by atoms with Crippen LogP contribution < -0.4 is 0 Å². The second kappa shape index (κ2) is 6.17. The number of rotatable bonds is 2. The molecule has 1 amide bonds. The molecule has 1 spiro atoms. The predicted octanol–water partition coefficient (Wildman–Crippen LogP) is 3.66. The lowest BCUT2D eigenvalue weighted by atomic mass is 9.85. The molecule has 3 heterocycles. The van der Waals surface area contributed by atoms with E-state index in [0.29, 0.717) is 11.5 Å². The van der Waals surface area contributed by atoms with Crippen molar-refractivity contribution >= 4 is 16.8 Å². The lowest BCUT2D eigenvalue weighted by Gasteiger charge is -2.39. The molecule has 2 atom stereocenters. The monoisotopic (exact) mass is 324 g/mol. The first-order valence-electron chi connectivity index (χ1n) is 8.97. The summed E-state index contributed by atoms with van der Waals surface area (Å²) in [4.78, 5) is 19.4. The highest BCUT2D eigenvalue weighted by atomic mass is 16.5. The second-order valence-electron chi connectivity index (χ2n) is 7.22. The summed E-state index contributed by atoms with van der Waals surface area (Å²) in [5, 5.41) is 1.01. The molecule has 0 N–H and O–H groups in total. The quantitative estimate of drug-likeness (QED) is 0.847. The molecule has 2 aromatic rings. The first-order valence-corrected chi connectivity index (χ1v) is 8.97. The number of benzene rings is 1. The van der Waals surface area contributed by atoms with Gasteiger partial charge in [-0.3, -0.25) is 9.78 Å². The van der Waals surface area contributed by atoms with E-state index in [1.165, 1.54) is 0 Å². The molecule has 4 heteroatoms. The Morgan fingerprint density at radius 2 is 2.29 bits per heavy atom. The number of pyridine rings is 1. The van der Waals surface area contributed by atoms with Crippen LogP contribution in [0, 0.1) is 5.92 Å². The van der Waals surface area contributed by atoms with Gasteiger partial charge in [-0.25, -0.2) is 0 Å². The molecule has 2 fully saturated rings. The van der Waals surface area contributed by atoms with Crippen LogP contribution in [0.2, 0.25) is 0 Å². The molecule has 0 unspecified atom stereocenters. The smallest absolute Gasteiger partial charge is 0.255 e. The third-order valence-corrected chi connectivity index (χ3v) is 5.53. The maximum absolute atomic E-state index is 13.0. The summed E-state index contributed by atoms with van der Waals surface area (Å²) in [7, 11) is 0. The van der Waals surface area contributed by atoms with Crippen molar-refractivity contribution in [1.82, 2.24) is 9.88 Å². The fourth-order valence-corrected chi connectivity index (χ4v) is 4.13. The van der Waals surface area contributed by atoms with Gasteiger partial charge in [-0.2, -0.15) is 0 Å². The molecule has 0 aliphatic carbocycles. The summed E-state index contributed by atoms with van der Waals surface area (Å²) in [5.41, 5.74) is 1.49. The highest BCUT2D eigenvalue weighted by molar-refractivity contribution is 5.97. The van der Waals surface area contributed by atoms with Crippen LogP contribution in [0.1, 0.15) is 43.0 Å². The fourth-order valence-electron chi connectivity index (χ4n) is 4.13. The standard InChI is InChI=1S/C20H24N2O2/c1-2-15-11-20(24-13-15)8-5-9-22(14-20)19(23)17-10-16-6-3-4-7-18(16)21-12-17/h3-4,6-7,10,12,15H,2,5,8-9,11,13-14H2,1H3/t15-,20+/m1/s1. The minimum Gasteiger partial charge on any atom is -0.373 e. The predicted molar refractivity (Wildman–Crippen MR) is 94.0 cm³/mol. The first-order chi connectivity index (χ1) is 11.7. The topological polar surface area (TPSA) is 42.4 Å². The van der Waals surface area contributed by atoms with Crippen LogP contribution in [0.5, 0.6) is 0 Å². The van der Waals surface area contributed by atoms with Gasteiger partial charge in [-0.15, -0.1) is 0 Å². The van der Waals surface area contributed by atoms with E-state index >= 15 is 0 Å². The molecule has 0 saturated carbocycles. The Kier molecular flexibility index (Phi) is 4.01. The van der Waals surface area contributed by atoms with Gasteiger partial charge in [0.25, 0.3) is 5.91 Å². The Morgan fingerprint density at radius 1 is 1.42 bits per heavy atom. The normalized spacial score (nSPS) is 27.0. The molecule has 0 radical (unpaired) electrons. The van der Waals surface area contributed by atoms with Gasteiger partial charge in [-0.1, -0.05) is 31.5 Å². The maximum atomic E-state index is 13.0. The number of fused-ring (bicyclic) bond motifs is 1. The lowest BCUT2D eigenvalue weighted by molar-refractivity contribution is -0.0449. The number of aromatic nitrogens is 1. The van der Waals surface area contributed by atoms with Gasteiger partial charge in [0.1, 0.15) is 0 Å². The molecule has 2 aliphatic heterocycles. The molecular formula is C20H24N2O2. The minimum absolute atomic E-state index is 0.0795. The molecule has 0 bridgehead atoms.